The van der Waals surface area contributed by atoms with Gasteiger partial charge in [0.25, 0.3) is 0 Å². The average molecular weight is 361 g/mol. The molecular formula is C20H27NO5. The third-order valence-electron chi connectivity index (χ3n) is 5.93. The summed E-state index contributed by atoms with van der Waals surface area (Å²) in [5.74, 6) is -0.958. The highest BCUT2D eigenvalue weighted by Gasteiger charge is 2.45. The number of aliphatic carboxylic acids is 1. The van der Waals surface area contributed by atoms with Gasteiger partial charge in [0.2, 0.25) is 5.91 Å². The molecule has 0 aliphatic carbocycles. The number of hydrogen-bond acceptors (Lipinski definition) is 4. The van der Waals surface area contributed by atoms with Crippen LogP contribution in [0.4, 0.5) is 0 Å². The SMILES string of the molecule is Cc1ccccc1C1(C(=O)NCC2(C(=O)O)CCOCC2)CCOCC1. The van der Waals surface area contributed by atoms with E-state index in [9.17, 15) is 14.7 Å². The first-order valence-electron chi connectivity index (χ1n) is 9.24. The lowest BCUT2D eigenvalue weighted by Crippen LogP contribution is -2.53. The number of amides is 1. The number of nitrogens with one attached hydrogen (secondary N) is 1. The molecule has 6 heteroatoms. The second-order valence-corrected chi connectivity index (χ2v) is 7.39. The molecule has 2 saturated heterocycles. The lowest BCUT2D eigenvalue weighted by Gasteiger charge is -2.39. The van der Waals surface area contributed by atoms with E-state index in [1.807, 2.05) is 31.2 Å². The topological polar surface area (TPSA) is 84.9 Å². The average Bonchev–Trinajstić information content (AvgIpc) is 2.67. The first kappa shape index (κ1) is 18.9. The van der Waals surface area contributed by atoms with Crippen LogP contribution >= 0.6 is 0 Å². The molecule has 0 aromatic heterocycles. The summed E-state index contributed by atoms with van der Waals surface area (Å²) >= 11 is 0. The van der Waals surface area contributed by atoms with Crippen LogP contribution < -0.4 is 5.32 Å². The predicted molar refractivity (Wildman–Crippen MR) is 96.0 cm³/mol. The van der Waals surface area contributed by atoms with Crippen LogP contribution in [-0.4, -0.2) is 50.0 Å². The van der Waals surface area contributed by atoms with Crippen LogP contribution in [0.5, 0.6) is 0 Å². The number of benzene rings is 1. The van der Waals surface area contributed by atoms with Crippen molar-refractivity contribution in [2.24, 2.45) is 5.41 Å². The summed E-state index contributed by atoms with van der Waals surface area (Å²) in [5.41, 5.74) is 0.487. The van der Waals surface area contributed by atoms with E-state index >= 15 is 0 Å². The van der Waals surface area contributed by atoms with Crippen molar-refractivity contribution in [2.75, 3.05) is 33.0 Å². The monoisotopic (exact) mass is 361 g/mol. The highest BCUT2D eigenvalue weighted by molar-refractivity contribution is 5.89. The summed E-state index contributed by atoms with van der Waals surface area (Å²) in [6.07, 6.45) is 2.05. The van der Waals surface area contributed by atoms with Crippen LogP contribution in [0.1, 0.15) is 36.8 Å². The van der Waals surface area contributed by atoms with Gasteiger partial charge in [-0.25, -0.2) is 0 Å². The van der Waals surface area contributed by atoms with Crippen LogP contribution in [0.2, 0.25) is 0 Å². The van der Waals surface area contributed by atoms with Gasteiger partial charge in [-0.2, -0.15) is 0 Å². The number of ether oxygens (including phenoxy) is 2. The van der Waals surface area contributed by atoms with Crippen LogP contribution in [0.15, 0.2) is 24.3 Å². The molecule has 1 amide bonds. The Kier molecular flexibility index (Phi) is 5.63. The van der Waals surface area contributed by atoms with Crippen molar-refractivity contribution < 1.29 is 24.2 Å². The Morgan fingerprint density at radius 2 is 1.62 bits per heavy atom. The van der Waals surface area contributed by atoms with E-state index in [2.05, 4.69) is 5.32 Å². The van der Waals surface area contributed by atoms with E-state index in [1.165, 1.54) is 0 Å². The number of carbonyl (C=O) groups excluding carboxylic acids is 1. The number of aryl methyl sites for hydroxylation is 1. The van der Waals surface area contributed by atoms with Gasteiger partial charge in [-0.1, -0.05) is 24.3 Å². The second kappa shape index (κ2) is 7.76. The fourth-order valence-electron chi connectivity index (χ4n) is 4.10. The number of rotatable bonds is 5. The Bertz CT molecular complexity index is 660. The zero-order valence-electron chi connectivity index (χ0n) is 15.3. The highest BCUT2D eigenvalue weighted by atomic mass is 16.5. The Morgan fingerprint density at radius 1 is 1.04 bits per heavy atom. The van der Waals surface area contributed by atoms with Gasteiger partial charge in [0.1, 0.15) is 0 Å². The third-order valence-corrected chi connectivity index (χ3v) is 5.93. The van der Waals surface area contributed by atoms with Gasteiger partial charge in [-0.05, 0) is 43.7 Å². The van der Waals surface area contributed by atoms with Crippen molar-refractivity contribution in [3.05, 3.63) is 35.4 Å². The van der Waals surface area contributed by atoms with E-state index in [0.29, 0.717) is 52.1 Å². The van der Waals surface area contributed by atoms with Gasteiger partial charge in [0, 0.05) is 33.0 Å². The molecule has 2 heterocycles. The fraction of sp³-hybridized carbons (Fsp3) is 0.600. The summed E-state index contributed by atoms with van der Waals surface area (Å²) in [7, 11) is 0. The van der Waals surface area contributed by atoms with E-state index in [0.717, 1.165) is 11.1 Å². The molecule has 0 bridgehead atoms. The molecule has 2 fully saturated rings. The molecule has 3 rings (SSSR count). The number of carboxylic acid groups (broad SMARTS) is 1. The number of carbonyl (C=O) groups is 2. The Hall–Kier alpha value is -1.92. The molecule has 1 aromatic rings. The molecule has 2 aliphatic heterocycles. The Labute approximate surface area is 153 Å². The van der Waals surface area contributed by atoms with Crippen LogP contribution in [0.25, 0.3) is 0 Å². The minimum Gasteiger partial charge on any atom is -0.481 e. The van der Waals surface area contributed by atoms with E-state index in [1.54, 1.807) is 0 Å². The van der Waals surface area contributed by atoms with E-state index in [-0.39, 0.29) is 12.5 Å². The first-order chi connectivity index (χ1) is 12.5. The standard InChI is InChI=1S/C20H27NO5/c1-15-4-2-3-5-16(15)20(8-12-26-13-9-20)17(22)21-14-19(18(23)24)6-10-25-11-7-19/h2-5H,6-14H2,1H3,(H,21,22)(H,23,24). The molecule has 0 unspecified atom stereocenters. The maximum absolute atomic E-state index is 13.3. The smallest absolute Gasteiger partial charge is 0.311 e. The highest BCUT2D eigenvalue weighted by Crippen LogP contribution is 2.38. The van der Waals surface area contributed by atoms with Crippen molar-refractivity contribution in [2.45, 2.75) is 38.0 Å². The van der Waals surface area contributed by atoms with Gasteiger partial charge in [-0.3, -0.25) is 9.59 Å². The number of hydrogen-bond donors (Lipinski definition) is 2. The van der Waals surface area contributed by atoms with Gasteiger partial charge >= 0.3 is 5.97 Å². The minimum atomic E-state index is -0.938. The molecule has 2 N–H and O–H groups in total. The van der Waals surface area contributed by atoms with Gasteiger partial charge in [-0.15, -0.1) is 0 Å². The zero-order chi connectivity index (χ0) is 18.6. The van der Waals surface area contributed by atoms with Crippen LogP contribution in [-0.2, 0) is 24.5 Å². The Morgan fingerprint density at radius 3 is 2.19 bits per heavy atom. The quantitative estimate of drug-likeness (QED) is 0.838. The minimum absolute atomic E-state index is 0.0952. The van der Waals surface area contributed by atoms with Crippen molar-refractivity contribution in [3.63, 3.8) is 0 Å². The van der Waals surface area contributed by atoms with E-state index in [4.69, 9.17) is 9.47 Å². The van der Waals surface area contributed by atoms with Crippen molar-refractivity contribution >= 4 is 11.9 Å². The largest absolute Gasteiger partial charge is 0.481 e. The summed E-state index contributed by atoms with van der Waals surface area (Å²) in [5, 5.41) is 12.7. The molecule has 2 aliphatic rings. The lowest BCUT2D eigenvalue weighted by molar-refractivity contribution is -0.155. The fourth-order valence-corrected chi connectivity index (χ4v) is 4.10. The van der Waals surface area contributed by atoms with Crippen molar-refractivity contribution in [1.82, 2.24) is 5.32 Å². The summed E-state index contributed by atoms with van der Waals surface area (Å²) in [6, 6.07) is 7.92. The van der Waals surface area contributed by atoms with Crippen molar-refractivity contribution in [3.8, 4) is 0 Å². The lowest BCUT2D eigenvalue weighted by atomic mass is 9.71. The molecule has 6 nitrogen and oxygen atoms in total. The third kappa shape index (κ3) is 3.48. The molecule has 1 aromatic carbocycles. The van der Waals surface area contributed by atoms with Crippen LogP contribution in [0.3, 0.4) is 0 Å². The molecule has 0 saturated carbocycles. The first-order valence-corrected chi connectivity index (χ1v) is 9.24. The summed E-state index contributed by atoms with van der Waals surface area (Å²) < 4.78 is 10.8. The van der Waals surface area contributed by atoms with Gasteiger partial charge in [0.05, 0.1) is 10.8 Å². The normalized spacial score (nSPS) is 21.7. The summed E-state index contributed by atoms with van der Waals surface area (Å²) in [6.45, 7) is 4.04. The molecule has 0 spiro atoms. The Balaban J connectivity index is 1.82. The molecule has 142 valence electrons. The number of carboxylic acids is 1. The summed E-state index contributed by atoms with van der Waals surface area (Å²) in [4.78, 5) is 25.1. The zero-order valence-corrected chi connectivity index (χ0v) is 15.3. The van der Waals surface area contributed by atoms with Crippen molar-refractivity contribution in [1.29, 1.82) is 0 Å². The van der Waals surface area contributed by atoms with Gasteiger partial charge in [0.15, 0.2) is 0 Å². The molecule has 0 radical (unpaired) electrons. The van der Waals surface area contributed by atoms with Crippen LogP contribution in [0, 0.1) is 12.3 Å². The molecule has 26 heavy (non-hydrogen) atoms. The maximum Gasteiger partial charge on any atom is 0.311 e. The second-order valence-electron chi connectivity index (χ2n) is 7.39. The molecular weight excluding hydrogens is 334 g/mol. The maximum atomic E-state index is 13.3. The van der Waals surface area contributed by atoms with E-state index < -0.39 is 16.8 Å². The molecule has 0 atom stereocenters. The predicted octanol–water partition coefficient (Wildman–Crippen LogP) is 2.04. The van der Waals surface area contributed by atoms with Gasteiger partial charge < -0.3 is 19.9 Å².